The van der Waals surface area contributed by atoms with E-state index in [9.17, 15) is 0 Å². The molecule has 0 saturated carbocycles. The van der Waals surface area contributed by atoms with Crippen molar-refractivity contribution < 1.29 is 13.3 Å². The summed E-state index contributed by atoms with van der Waals surface area (Å²) < 4.78 is 18.2. The highest BCUT2D eigenvalue weighted by Gasteiger charge is 2.46. The Bertz CT molecular complexity index is 313. The van der Waals surface area contributed by atoms with Gasteiger partial charge in [-0.25, -0.2) is 0 Å². The van der Waals surface area contributed by atoms with E-state index >= 15 is 0 Å². The molecule has 0 N–H and O–H groups in total. The van der Waals surface area contributed by atoms with Crippen LogP contribution in [0.15, 0.2) is 24.3 Å². The van der Waals surface area contributed by atoms with E-state index in [0.717, 1.165) is 25.5 Å². The van der Waals surface area contributed by atoms with Gasteiger partial charge in [-0.15, -0.1) is 0 Å². The summed E-state index contributed by atoms with van der Waals surface area (Å²) in [6.45, 7) is 12.8. The largest absolute Gasteiger partial charge is 0.417 e. The molecule has 0 aromatic rings. The van der Waals surface area contributed by atoms with Crippen LogP contribution in [0.4, 0.5) is 0 Å². The van der Waals surface area contributed by atoms with Gasteiger partial charge in [0.25, 0.3) is 0 Å². The fraction of sp³-hybridized carbons (Fsp3) is 0.714. The zero-order chi connectivity index (χ0) is 14.4. The third-order valence-corrected chi connectivity index (χ3v) is 13.4. The van der Waals surface area contributed by atoms with E-state index in [-0.39, 0.29) is 0 Å². The second-order valence-electron chi connectivity index (χ2n) is 5.22. The second-order valence-corrected chi connectivity index (χ2v) is 13.1. The van der Waals surface area contributed by atoms with Crippen molar-refractivity contribution in [3.8, 4) is 0 Å². The first kappa shape index (κ1) is 16.8. The molecule has 19 heavy (non-hydrogen) atoms. The Kier molecular flexibility index (Phi) is 6.69. The first-order valence-corrected chi connectivity index (χ1v) is 12.5. The van der Waals surface area contributed by atoms with Crippen molar-refractivity contribution in [2.75, 3.05) is 19.8 Å². The fourth-order valence-electron chi connectivity index (χ4n) is 2.83. The van der Waals surface area contributed by atoms with Crippen molar-refractivity contribution in [2.24, 2.45) is 0 Å². The van der Waals surface area contributed by atoms with Gasteiger partial charge in [-0.2, -0.15) is 0 Å². The fourth-order valence-corrected chi connectivity index (χ4v) is 13.3. The van der Waals surface area contributed by atoms with Crippen LogP contribution in [0.1, 0.15) is 20.8 Å². The molecule has 5 heteroatoms. The molecule has 0 radical (unpaired) electrons. The highest BCUT2D eigenvalue weighted by molar-refractivity contribution is 6.89. The quantitative estimate of drug-likeness (QED) is 0.607. The smallest absolute Gasteiger partial charge is 0.334 e. The molecular formula is C14H28O3Si2. The molecule has 0 aliphatic heterocycles. The maximum atomic E-state index is 6.21. The van der Waals surface area contributed by atoms with E-state index < -0.39 is 16.9 Å². The molecule has 0 bridgehead atoms. The Morgan fingerprint density at radius 1 is 0.842 bits per heavy atom. The summed E-state index contributed by atoms with van der Waals surface area (Å²) in [5, 5.41) is 0. The molecule has 0 spiro atoms. The minimum Gasteiger partial charge on any atom is -0.417 e. The van der Waals surface area contributed by atoms with Crippen LogP contribution in [0, 0.1) is 0 Å². The summed E-state index contributed by atoms with van der Waals surface area (Å²) in [6.07, 6.45) is 8.76. The lowest BCUT2D eigenvalue weighted by Gasteiger charge is -2.37. The van der Waals surface area contributed by atoms with Crippen molar-refractivity contribution in [3.63, 3.8) is 0 Å². The summed E-state index contributed by atoms with van der Waals surface area (Å²) in [6, 6.07) is 0. The minimum atomic E-state index is -2.12. The van der Waals surface area contributed by atoms with Crippen molar-refractivity contribution in [1.29, 1.82) is 0 Å². The Morgan fingerprint density at radius 2 is 1.32 bits per heavy atom. The third kappa shape index (κ3) is 4.68. The average molecular weight is 301 g/mol. The van der Waals surface area contributed by atoms with E-state index in [4.69, 9.17) is 13.3 Å². The number of allylic oxidation sites excluding steroid dienone is 4. The maximum absolute atomic E-state index is 6.21. The third-order valence-electron chi connectivity index (χ3n) is 3.50. The molecule has 0 heterocycles. The predicted molar refractivity (Wildman–Crippen MR) is 85.0 cm³/mol. The van der Waals surface area contributed by atoms with Gasteiger partial charge >= 0.3 is 8.56 Å². The lowest BCUT2D eigenvalue weighted by molar-refractivity contribution is 0.190. The van der Waals surface area contributed by atoms with Crippen LogP contribution in [0.3, 0.4) is 0 Å². The Balaban J connectivity index is 2.85. The van der Waals surface area contributed by atoms with Crippen LogP contribution in [0.25, 0.3) is 0 Å². The van der Waals surface area contributed by atoms with Crippen molar-refractivity contribution in [3.05, 3.63) is 24.3 Å². The second kappa shape index (κ2) is 7.54. The number of hydrogen-bond donors (Lipinski definition) is 0. The van der Waals surface area contributed by atoms with Gasteiger partial charge in [0.05, 0.1) is 0 Å². The normalized spacial score (nSPS) is 19.0. The lowest BCUT2D eigenvalue weighted by atomic mass is 10.5. The number of rotatable bonds is 9. The first-order valence-electron chi connectivity index (χ1n) is 7.26. The highest BCUT2D eigenvalue weighted by Crippen LogP contribution is 2.36. The zero-order valence-electron chi connectivity index (χ0n) is 12.9. The summed E-state index contributed by atoms with van der Waals surface area (Å²) >= 11 is 0. The molecule has 1 aliphatic rings. The molecule has 1 atom stereocenters. The molecule has 0 aromatic heterocycles. The zero-order valence-corrected chi connectivity index (χ0v) is 14.9. The van der Waals surface area contributed by atoms with E-state index in [1.54, 1.807) is 0 Å². The molecule has 0 fully saturated rings. The minimum absolute atomic E-state index is 0.445. The van der Waals surface area contributed by atoms with Gasteiger partial charge in [-0.3, -0.25) is 0 Å². The van der Waals surface area contributed by atoms with Gasteiger partial charge in [-0.1, -0.05) is 24.3 Å². The molecule has 1 rings (SSSR count). The first-order chi connectivity index (χ1) is 8.99. The standard InChI is InChI=1S/C14H28O3Si2/c1-6-15-18(4,14-11-9-10-12-14)13-19(5,16-7-2)17-8-3/h9-12,14H,6-8,13H2,1-5H3. The van der Waals surface area contributed by atoms with Crippen molar-refractivity contribution >= 4 is 16.9 Å². The predicted octanol–water partition coefficient (Wildman–Crippen LogP) is 3.78. The van der Waals surface area contributed by atoms with Crippen LogP contribution < -0.4 is 0 Å². The molecule has 0 amide bonds. The highest BCUT2D eigenvalue weighted by atomic mass is 28.4. The van der Waals surface area contributed by atoms with Gasteiger partial charge in [-0.05, 0) is 33.9 Å². The summed E-state index contributed by atoms with van der Waals surface area (Å²) in [7, 11) is -4.01. The van der Waals surface area contributed by atoms with Crippen LogP contribution in [-0.2, 0) is 13.3 Å². The Labute approximate surface area is 120 Å². The molecule has 1 aliphatic carbocycles. The monoisotopic (exact) mass is 300 g/mol. The molecule has 1 unspecified atom stereocenters. The molecule has 0 aromatic carbocycles. The van der Waals surface area contributed by atoms with E-state index in [0.29, 0.717) is 5.54 Å². The SMILES string of the molecule is CCO[Si](C)(C[Si](C)(OCC)C1C=CC=C1)OCC. The van der Waals surface area contributed by atoms with E-state index in [2.05, 4.69) is 44.3 Å². The number of hydrogen-bond acceptors (Lipinski definition) is 3. The molecular weight excluding hydrogens is 272 g/mol. The van der Waals surface area contributed by atoms with E-state index in [1.807, 2.05) is 13.8 Å². The average Bonchev–Trinajstić information content (AvgIpc) is 2.83. The molecule has 0 saturated heterocycles. The van der Waals surface area contributed by atoms with Gasteiger partial charge < -0.3 is 13.3 Å². The summed E-state index contributed by atoms with van der Waals surface area (Å²) in [4.78, 5) is 0. The maximum Gasteiger partial charge on any atom is 0.334 e. The van der Waals surface area contributed by atoms with Crippen LogP contribution >= 0.6 is 0 Å². The van der Waals surface area contributed by atoms with Crippen molar-refractivity contribution in [1.82, 2.24) is 0 Å². The van der Waals surface area contributed by atoms with Crippen LogP contribution in [-0.4, -0.2) is 36.7 Å². The molecule has 110 valence electrons. The van der Waals surface area contributed by atoms with Gasteiger partial charge in [0, 0.05) is 31.0 Å². The van der Waals surface area contributed by atoms with Gasteiger partial charge in [0.2, 0.25) is 8.32 Å². The summed E-state index contributed by atoms with van der Waals surface area (Å²) in [5.74, 6) is 0. The van der Waals surface area contributed by atoms with Gasteiger partial charge in [0.1, 0.15) is 0 Å². The lowest BCUT2D eigenvalue weighted by Crippen LogP contribution is -2.51. The van der Waals surface area contributed by atoms with Crippen LogP contribution in [0.5, 0.6) is 0 Å². The Morgan fingerprint density at radius 3 is 1.74 bits per heavy atom. The molecule has 3 nitrogen and oxygen atoms in total. The van der Waals surface area contributed by atoms with Crippen molar-refractivity contribution in [2.45, 2.75) is 45.1 Å². The van der Waals surface area contributed by atoms with E-state index in [1.165, 1.54) is 0 Å². The Hall–Kier alpha value is -0.206. The van der Waals surface area contributed by atoms with Gasteiger partial charge in [0.15, 0.2) is 0 Å². The van der Waals surface area contributed by atoms with Crippen LogP contribution in [0.2, 0.25) is 24.3 Å². The summed E-state index contributed by atoms with van der Waals surface area (Å²) in [5.41, 5.74) is 1.43. The topological polar surface area (TPSA) is 27.7 Å².